The fraction of sp³-hybridized carbons (Fsp3) is 0.214. The summed E-state index contributed by atoms with van der Waals surface area (Å²) >= 11 is 1.30. The molecular weight excluding hydrogens is 278 g/mol. The number of carbonyl (C=O) groups is 1. The van der Waals surface area contributed by atoms with Gasteiger partial charge in [-0.25, -0.2) is 4.79 Å². The molecule has 2 rings (SSSR count). The number of nitrogen functional groups attached to an aromatic ring is 1. The normalized spacial score (nSPS) is 10.2. The lowest BCUT2D eigenvalue weighted by molar-refractivity contribution is 0.0602. The summed E-state index contributed by atoms with van der Waals surface area (Å²) in [6.07, 6.45) is 0. The molecule has 6 heteroatoms. The molecular formula is C14H15NO4S. The van der Waals surface area contributed by atoms with Crippen LogP contribution in [0.15, 0.2) is 24.3 Å². The highest BCUT2D eigenvalue weighted by molar-refractivity contribution is 7.19. The molecule has 20 heavy (non-hydrogen) atoms. The van der Waals surface area contributed by atoms with Gasteiger partial charge in [-0.2, -0.15) is 0 Å². The smallest absolute Gasteiger partial charge is 0.340 e. The summed E-state index contributed by atoms with van der Waals surface area (Å²) < 4.78 is 15.2. The van der Waals surface area contributed by atoms with E-state index in [1.807, 2.05) is 12.1 Å². The SMILES string of the molecule is COC(=O)c1cc(-c2cc(OC)ccc2OC)sc1N. The first-order chi connectivity index (χ1) is 9.60. The fourth-order valence-corrected chi connectivity index (χ4v) is 2.75. The average Bonchev–Trinajstić information content (AvgIpc) is 2.87. The van der Waals surface area contributed by atoms with Gasteiger partial charge in [0, 0.05) is 10.4 Å². The molecule has 0 fully saturated rings. The molecule has 0 atom stereocenters. The van der Waals surface area contributed by atoms with Crippen LogP contribution < -0.4 is 15.2 Å². The Morgan fingerprint density at radius 1 is 1.15 bits per heavy atom. The van der Waals surface area contributed by atoms with Crippen molar-refractivity contribution in [2.75, 3.05) is 27.1 Å². The minimum absolute atomic E-state index is 0.359. The Bertz CT molecular complexity index is 636. The van der Waals surface area contributed by atoms with Gasteiger partial charge < -0.3 is 19.9 Å². The van der Waals surface area contributed by atoms with Crippen LogP contribution in [0.3, 0.4) is 0 Å². The van der Waals surface area contributed by atoms with Crippen molar-refractivity contribution in [3.63, 3.8) is 0 Å². The summed E-state index contributed by atoms with van der Waals surface area (Å²) in [5, 5.41) is 0.414. The van der Waals surface area contributed by atoms with Gasteiger partial charge in [-0.1, -0.05) is 0 Å². The van der Waals surface area contributed by atoms with Gasteiger partial charge in [-0.15, -0.1) is 11.3 Å². The van der Waals surface area contributed by atoms with Gasteiger partial charge in [-0.3, -0.25) is 0 Å². The van der Waals surface area contributed by atoms with Crippen molar-refractivity contribution in [1.29, 1.82) is 0 Å². The Morgan fingerprint density at radius 3 is 2.50 bits per heavy atom. The van der Waals surface area contributed by atoms with E-state index in [1.54, 1.807) is 26.4 Å². The number of hydrogen-bond acceptors (Lipinski definition) is 6. The number of esters is 1. The third kappa shape index (κ3) is 2.55. The predicted octanol–water partition coefficient (Wildman–Crippen LogP) is 2.80. The zero-order chi connectivity index (χ0) is 14.7. The van der Waals surface area contributed by atoms with E-state index in [4.69, 9.17) is 19.9 Å². The molecule has 0 bridgehead atoms. The molecule has 0 radical (unpaired) electrons. The lowest BCUT2D eigenvalue weighted by atomic mass is 10.1. The van der Waals surface area contributed by atoms with E-state index in [-0.39, 0.29) is 0 Å². The van der Waals surface area contributed by atoms with E-state index in [1.165, 1.54) is 18.4 Å². The Morgan fingerprint density at radius 2 is 1.90 bits per heavy atom. The van der Waals surface area contributed by atoms with Crippen LogP contribution in [-0.4, -0.2) is 27.3 Å². The van der Waals surface area contributed by atoms with Crippen molar-refractivity contribution in [2.24, 2.45) is 0 Å². The summed E-state index contributed by atoms with van der Waals surface area (Å²) in [4.78, 5) is 12.4. The highest BCUT2D eigenvalue weighted by Crippen LogP contribution is 2.40. The third-order valence-electron chi connectivity index (χ3n) is 2.84. The first kappa shape index (κ1) is 14.2. The maximum absolute atomic E-state index is 11.6. The molecule has 2 aromatic rings. The van der Waals surface area contributed by atoms with E-state index < -0.39 is 5.97 Å². The van der Waals surface area contributed by atoms with Crippen LogP contribution in [-0.2, 0) is 4.74 Å². The average molecular weight is 293 g/mol. The van der Waals surface area contributed by atoms with Crippen molar-refractivity contribution in [3.05, 3.63) is 29.8 Å². The summed E-state index contributed by atoms with van der Waals surface area (Å²) in [7, 11) is 4.50. The van der Waals surface area contributed by atoms with Gasteiger partial charge in [-0.05, 0) is 24.3 Å². The van der Waals surface area contributed by atoms with Gasteiger partial charge in [0.25, 0.3) is 0 Å². The van der Waals surface area contributed by atoms with Gasteiger partial charge in [0.2, 0.25) is 0 Å². The molecule has 0 aliphatic rings. The minimum atomic E-state index is -0.452. The van der Waals surface area contributed by atoms with Crippen molar-refractivity contribution < 1.29 is 19.0 Å². The second kappa shape index (κ2) is 5.83. The topological polar surface area (TPSA) is 70.8 Å². The van der Waals surface area contributed by atoms with Crippen LogP contribution in [0, 0.1) is 0 Å². The van der Waals surface area contributed by atoms with E-state index in [0.717, 1.165) is 10.4 Å². The first-order valence-electron chi connectivity index (χ1n) is 5.80. The van der Waals surface area contributed by atoms with Crippen LogP contribution in [0.5, 0.6) is 11.5 Å². The highest BCUT2D eigenvalue weighted by Gasteiger charge is 2.17. The lowest BCUT2D eigenvalue weighted by Crippen LogP contribution is -2.01. The maximum Gasteiger partial charge on any atom is 0.340 e. The molecule has 1 heterocycles. The first-order valence-corrected chi connectivity index (χ1v) is 6.62. The molecule has 0 amide bonds. The summed E-state index contributed by atoms with van der Waals surface area (Å²) in [6, 6.07) is 7.15. The van der Waals surface area contributed by atoms with Crippen LogP contribution in [0.1, 0.15) is 10.4 Å². The maximum atomic E-state index is 11.6. The zero-order valence-corrected chi connectivity index (χ0v) is 12.2. The number of thiophene rings is 1. The standard InChI is InChI=1S/C14H15NO4S/c1-17-8-4-5-11(18-2)9(6-8)12-7-10(13(15)20-12)14(16)19-3/h4-7H,15H2,1-3H3. The van der Waals surface area contributed by atoms with Crippen molar-refractivity contribution in [1.82, 2.24) is 0 Å². The van der Waals surface area contributed by atoms with Crippen LogP contribution in [0.4, 0.5) is 5.00 Å². The number of carbonyl (C=O) groups excluding carboxylic acids is 1. The van der Waals surface area contributed by atoms with Crippen LogP contribution in [0.25, 0.3) is 10.4 Å². The number of ether oxygens (including phenoxy) is 3. The van der Waals surface area contributed by atoms with E-state index in [0.29, 0.717) is 22.1 Å². The number of nitrogens with two attached hydrogens (primary N) is 1. The molecule has 0 unspecified atom stereocenters. The van der Waals surface area contributed by atoms with Crippen LogP contribution >= 0.6 is 11.3 Å². The quantitative estimate of drug-likeness (QED) is 0.878. The van der Waals surface area contributed by atoms with E-state index in [9.17, 15) is 4.79 Å². The highest BCUT2D eigenvalue weighted by atomic mass is 32.1. The lowest BCUT2D eigenvalue weighted by Gasteiger charge is -2.08. The Kier molecular flexibility index (Phi) is 4.14. The van der Waals surface area contributed by atoms with E-state index in [2.05, 4.69) is 0 Å². The number of benzene rings is 1. The summed E-state index contributed by atoms with van der Waals surface area (Å²) in [5.74, 6) is 0.933. The zero-order valence-electron chi connectivity index (χ0n) is 11.4. The Labute approximate surface area is 120 Å². The number of hydrogen-bond donors (Lipinski definition) is 1. The van der Waals surface area contributed by atoms with Gasteiger partial charge in [0.1, 0.15) is 16.5 Å². The molecule has 0 aliphatic heterocycles. The van der Waals surface area contributed by atoms with Crippen LogP contribution in [0.2, 0.25) is 0 Å². The molecule has 0 saturated heterocycles. The number of rotatable bonds is 4. The minimum Gasteiger partial charge on any atom is -0.497 e. The van der Waals surface area contributed by atoms with Crippen molar-refractivity contribution in [2.45, 2.75) is 0 Å². The molecule has 0 aliphatic carbocycles. The van der Waals surface area contributed by atoms with E-state index >= 15 is 0 Å². The largest absolute Gasteiger partial charge is 0.497 e. The van der Waals surface area contributed by atoms with Crippen molar-refractivity contribution >= 4 is 22.3 Å². The van der Waals surface area contributed by atoms with Gasteiger partial charge in [0.05, 0.1) is 26.9 Å². The number of anilines is 1. The molecule has 2 N–H and O–H groups in total. The third-order valence-corrected chi connectivity index (χ3v) is 3.84. The molecule has 106 valence electrons. The monoisotopic (exact) mass is 293 g/mol. The fourth-order valence-electron chi connectivity index (χ4n) is 1.81. The van der Waals surface area contributed by atoms with Gasteiger partial charge in [0.15, 0.2) is 0 Å². The second-order valence-electron chi connectivity index (χ2n) is 3.95. The number of methoxy groups -OCH3 is 3. The van der Waals surface area contributed by atoms with Gasteiger partial charge >= 0.3 is 5.97 Å². The summed E-state index contributed by atoms with van der Waals surface area (Å²) in [5.41, 5.74) is 7.04. The Balaban J connectivity index is 2.53. The van der Waals surface area contributed by atoms with Crippen molar-refractivity contribution in [3.8, 4) is 21.9 Å². The second-order valence-corrected chi connectivity index (χ2v) is 5.03. The molecule has 5 nitrogen and oxygen atoms in total. The molecule has 1 aromatic heterocycles. The Hall–Kier alpha value is -2.21. The molecule has 1 aromatic carbocycles. The summed E-state index contributed by atoms with van der Waals surface area (Å²) in [6.45, 7) is 0. The molecule has 0 spiro atoms. The predicted molar refractivity (Wildman–Crippen MR) is 78.6 cm³/mol. The molecule has 0 saturated carbocycles.